The van der Waals surface area contributed by atoms with Crippen LogP contribution in [-0.4, -0.2) is 48.9 Å². The van der Waals surface area contributed by atoms with Crippen molar-refractivity contribution >= 4 is 17.5 Å². The van der Waals surface area contributed by atoms with Crippen LogP contribution in [0.4, 0.5) is 10.1 Å². The first-order valence-corrected chi connectivity index (χ1v) is 11.0. The second-order valence-corrected chi connectivity index (χ2v) is 8.81. The Morgan fingerprint density at radius 2 is 1.66 bits per heavy atom. The van der Waals surface area contributed by atoms with Crippen LogP contribution in [0.2, 0.25) is 0 Å². The Hall–Kier alpha value is -2.11. The Bertz CT molecular complexity index is 678. The topological polar surface area (TPSA) is 52.7 Å². The Labute approximate surface area is 173 Å². The summed E-state index contributed by atoms with van der Waals surface area (Å²) in [6.45, 7) is 6.82. The maximum atomic E-state index is 13.2. The molecule has 2 amide bonds. The maximum Gasteiger partial charge on any atom is 0.245 e. The minimum atomic E-state index is -0.443. The molecule has 2 aliphatic rings. The van der Waals surface area contributed by atoms with Crippen molar-refractivity contribution in [1.29, 1.82) is 0 Å². The van der Waals surface area contributed by atoms with Crippen LogP contribution in [-0.2, 0) is 9.59 Å². The molecule has 1 aromatic carbocycles. The molecule has 1 atom stereocenters. The fraction of sp³-hybridized carbons (Fsp3) is 0.652. The lowest BCUT2D eigenvalue weighted by Crippen LogP contribution is -2.56. The third-order valence-electron chi connectivity index (χ3n) is 6.08. The summed E-state index contributed by atoms with van der Waals surface area (Å²) in [5, 5.41) is 3.08. The van der Waals surface area contributed by atoms with Gasteiger partial charge in [-0.3, -0.25) is 9.59 Å². The minimum absolute atomic E-state index is 0.0293. The number of carbonyl (C=O) groups excluding carboxylic acids is 2. The number of halogens is 1. The molecule has 29 heavy (non-hydrogen) atoms. The van der Waals surface area contributed by atoms with E-state index in [1.807, 2.05) is 4.90 Å². The number of carbonyl (C=O) groups is 2. The first-order chi connectivity index (χ1) is 13.9. The average molecular weight is 404 g/mol. The third-order valence-corrected chi connectivity index (χ3v) is 6.08. The Balaban J connectivity index is 1.57. The van der Waals surface area contributed by atoms with Crippen LogP contribution in [0.1, 0.15) is 52.4 Å². The van der Waals surface area contributed by atoms with Crippen molar-refractivity contribution in [2.75, 3.05) is 31.1 Å². The van der Waals surface area contributed by atoms with Gasteiger partial charge in [0.2, 0.25) is 11.8 Å². The van der Waals surface area contributed by atoms with Crippen molar-refractivity contribution in [3.63, 3.8) is 0 Å². The number of nitrogens with one attached hydrogen (secondary N) is 1. The molecular weight excluding hydrogens is 369 g/mol. The summed E-state index contributed by atoms with van der Waals surface area (Å²) < 4.78 is 13.1. The van der Waals surface area contributed by atoms with Gasteiger partial charge in [0.15, 0.2) is 0 Å². The number of anilines is 1. The largest absolute Gasteiger partial charge is 0.368 e. The SMILES string of the molecule is CC(C)CC(NC(=O)C1CCCCC1)C(=O)N1CCN(c2ccc(F)cc2)CC1. The average Bonchev–Trinajstić information content (AvgIpc) is 2.74. The minimum Gasteiger partial charge on any atom is -0.368 e. The van der Waals surface area contributed by atoms with E-state index >= 15 is 0 Å². The number of amides is 2. The Morgan fingerprint density at radius 1 is 1.03 bits per heavy atom. The van der Waals surface area contributed by atoms with Gasteiger partial charge >= 0.3 is 0 Å². The van der Waals surface area contributed by atoms with Crippen molar-refractivity contribution in [1.82, 2.24) is 10.2 Å². The van der Waals surface area contributed by atoms with Crippen molar-refractivity contribution in [2.45, 2.75) is 58.4 Å². The first kappa shape index (κ1) is 21.6. The number of hydrogen-bond acceptors (Lipinski definition) is 3. The lowest BCUT2D eigenvalue weighted by molar-refractivity contribution is -0.138. The molecule has 1 aliphatic heterocycles. The van der Waals surface area contributed by atoms with E-state index in [9.17, 15) is 14.0 Å². The molecule has 1 aromatic rings. The molecule has 0 aromatic heterocycles. The predicted molar refractivity (Wildman–Crippen MR) is 113 cm³/mol. The van der Waals surface area contributed by atoms with Crippen molar-refractivity contribution in [2.24, 2.45) is 11.8 Å². The second-order valence-electron chi connectivity index (χ2n) is 8.81. The number of piperazine rings is 1. The molecule has 1 aliphatic carbocycles. The predicted octanol–water partition coefficient (Wildman–Crippen LogP) is 3.59. The van der Waals surface area contributed by atoms with Crippen LogP contribution in [0.15, 0.2) is 24.3 Å². The monoisotopic (exact) mass is 403 g/mol. The highest BCUT2D eigenvalue weighted by molar-refractivity contribution is 5.88. The van der Waals surface area contributed by atoms with Gasteiger partial charge < -0.3 is 15.1 Å². The fourth-order valence-corrected chi connectivity index (χ4v) is 4.40. The zero-order valence-corrected chi connectivity index (χ0v) is 17.7. The van der Waals surface area contributed by atoms with Gasteiger partial charge in [0, 0.05) is 37.8 Å². The first-order valence-electron chi connectivity index (χ1n) is 11.0. The molecule has 1 unspecified atom stereocenters. The van der Waals surface area contributed by atoms with E-state index < -0.39 is 6.04 Å². The summed E-state index contributed by atoms with van der Waals surface area (Å²) in [7, 11) is 0. The van der Waals surface area contributed by atoms with E-state index in [0.29, 0.717) is 38.5 Å². The summed E-state index contributed by atoms with van der Waals surface area (Å²) >= 11 is 0. The highest BCUT2D eigenvalue weighted by Crippen LogP contribution is 2.24. The number of rotatable bonds is 6. The summed E-state index contributed by atoms with van der Waals surface area (Å²) in [5.74, 6) is 0.223. The standard InChI is InChI=1S/C23H34FN3O2/c1-17(2)16-21(25-22(28)18-6-4-3-5-7-18)23(29)27-14-12-26(13-15-27)20-10-8-19(24)9-11-20/h8-11,17-18,21H,3-7,12-16H2,1-2H3,(H,25,28). The number of hydrogen-bond donors (Lipinski definition) is 1. The van der Waals surface area contributed by atoms with Gasteiger partial charge in [-0.2, -0.15) is 0 Å². The summed E-state index contributed by atoms with van der Waals surface area (Å²) in [4.78, 5) is 29.9. The molecule has 1 N–H and O–H groups in total. The molecule has 6 heteroatoms. The van der Waals surface area contributed by atoms with Gasteiger partial charge in [-0.15, -0.1) is 0 Å². The Kier molecular flexibility index (Phi) is 7.51. The lowest BCUT2D eigenvalue weighted by atomic mass is 9.88. The summed E-state index contributed by atoms with van der Waals surface area (Å²) in [6.07, 6.45) is 5.94. The van der Waals surface area contributed by atoms with Crippen LogP contribution >= 0.6 is 0 Å². The van der Waals surface area contributed by atoms with Crippen molar-refractivity contribution in [3.05, 3.63) is 30.1 Å². The fourth-order valence-electron chi connectivity index (χ4n) is 4.40. The normalized spacial score (nSPS) is 19.3. The molecule has 1 saturated carbocycles. The summed E-state index contributed by atoms with van der Waals surface area (Å²) in [6, 6.07) is 6.04. The number of benzene rings is 1. The molecular formula is C23H34FN3O2. The molecule has 160 valence electrons. The zero-order valence-electron chi connectivity index (χ0n) is 17.7. The van der Waals surface area contributed by atoms with Gasteiger partial charge in [-0.05, 0) is 49.4 Å². The molecule has 2 fully saturated rings. The molecule has 0 bridgehead atoms. The van der Waals surface area contributed by atoms with Crippen molar-refractivity contribution in [3.8, 4) is 0 Å². The Morgan fingerprint density at radius 3 is 2.24 bits per heavy atom. The molecule has 1 saturated heterocycles. The van der Waals surface area contributed by atoms with Gasteiger partial charge in [0.25, 0.3) is 0 Å². The van der Waals surface area contributed by atoms with Gasteiger partial charge in [-0.1, -0.05) is 33.1 Å². The summed E-state index contributed by atoms with van der Waals surface area (Å²) in [5.41, 5.74) is 0.975. The zero-order chi connectivity index (χ0) is 20.8. The van der Waals surface area contributed by atoms with E-state index in [1.165, 1.54) is 18.6 Å². The smallest absolute Gasteiger partial charge is 0.245 e. The van der Waals surface area contributed by atoms with Crippen LogP contribution in [0.5, 0.6) is 0 Å². The molecule has 0 radical (unpaired) electrons. The van der Waals surface area contributed by atoms with Crippen LogP contribution in [0.3, 0.4) is 0 Å². The van der Waals surface area contributed by atoms with Crippen LogP contribution < -0.4 is 10.2 Å². The number of nitrogens with zero attached hydrogens (tertiary/aromatic N) is 2. The third kappa shape index (κ3) is 5.94. The second kappa shape index (κ2) is 10.1. The lowest BCUT2D eigenvalue weighted by Gasteiger charge is -2.38. The molecule has 3 rings (SSSR count). The van der Waals surface area contributed by atoms with Crippen LogP contribution in [0.25, 0.3) is 0 Å². The highest BCUT2D eigenvalue weighted by Gasteiger charge is 2.31. The highest BCUT2D eigenvalue weighted by atomic mass is 19.1. The van der Waals surface area contributed by atoms with E-state index in [-0.39, 0.29) is 23.5 Å². The molecule has 5 nitrogen and oxygen atoms in total. The molecule has 1 heterocycles. The van der Waals surface area contributed by atoms with Gasteiger partial charge in [-0.25, -0.2) is 4.39 Å². The van der Waals surface area contributed by atoms with Gasteiger partial charge in [0.05, 0.1) is 0 Å². The van der Waals surface area contributed by atoms with E-state index in [1.54, 1.807) is 12.1 Å². The van der Waals surface area contributed by atoms with Gasteiger partial charge in [0.1, 0.15) is 11.9 Å². The quantitative estimate of drug-likeness (QED) is 0.790. The van der Waals surface area contributed by atoms with E-state index in [0.717, 1.165) is 31.4 Å². The van der Waals surface area contributed by atoms with Crippen molar-refractivity contribution < 1.29 is 14.0 Å². The van der Waals surface area contributed by atoms with E-state index in [4.69, 9.17) is 0 Å². The molecule has 0 spiro atoms. The maximum absolute atomic E-state index is 13.2. The van der Waals surface area contributed by atoms with E-state index in [2.05, 4.69) is 24.1 Å². The van der Waals surface area contributed by atoms with Crippen LogP contribution in [0, 0.1) is 17.7 Å².